The summed E-state index contributed by atoms with van der Waals surface area (Å²) in [4.78, 5) is 18.6. The van der Waals surface area contributed by atoms with E-state index in [1.165, 1.54) is 0 Å². The third kappa shape index (κ3) is 5.92. The number of aryl methyl sites for hydroxylation is 1. The van der Waals surface area contributed by atoms with Crippen LogP contribution in [0.5, 0.6) is 0 Å². The third-order valence-corrected chi connectivity index (χ3v) is 6.41. The molecule has 30 heavy (non-hydrogen) atoms. The second-order valence-corrected chi connectivity index (χ2v) is 10.0. The number of methoxy groups -OCH3 is 1. The molecule has 0 N–H and O–H groups in total. The van der Waals surface area contributed by atoms with E-state index < -0.39 is 9.84 Å². The van der Waals surface area contributed by atoms with Crippen LogP contribution in [0.2, 0.25) is 0 Å². The van der Waals surface area contributed by atoms with E-state index in [1.54, 1.807) is 22.8 Å². The Bertz CT molecular complexity index is 947. The zero-order valence-corrected chi connectivity index (χ0v) is 19.6. The highest BCUT2D eigenvalue weighted by Crippen LogP contribution is 2.23. The van der Waals surface area contributed by atoms with Crippen molar-refractivity contribution in [3.8, 4) is 0 Å². The maximum atomic E-state index is 13.1. The van der Waals surface area contributed by atoms with Crippen LogP contribution in [0.4, 0.5) is 0 Å². The summed E-state index contributed by atoms with van der Waals surface area (Å²) in [6.45, 7) is 10.6. The molecule has 1 aromatic carbocycles. The fraction of sp³-hybridized carbons (Fsp3) is 0.545. The summed E-state index contributed by atoms with van der Waals surface area (Å²) >= 11 is 0. The SMILES string of the molecule is COCCN(Cc1cnc(S(=O)(=O)Cc2ccc(C)cc2)n1C(C)C)C(=O)C(C)C. The van der Waals surface area contributed by atoms with Gasteiger partial charge in [-0.2, -0.15) is 0 Å². The Balaban J connectivity index is 2.37. The molecule has 0 radical (unpaired) electrons. The van der Waals surface area contributed by atoms with E-state index in [1.807, 2.05) is 58.9 Å². The molecule has 8 heteroatoms. The molecule has 0 fully saturated rings. The predicted molar refractivity (Wildman–Crippen MR) is 117 cm³/mol. The number of sulfone groups is 1. The van der Waals surface area contributed by atoms with E-state index in [2.05, 4.69) is 4.98 Å². The summed E-state index contributed by atoms with van der Waals surface area (Å²) in [6, 6.07) is 7.32. The number of carbonyl (C=O) groups is 1. The third-order valence-electron chi connectivity index (χ3n) is 4.84. The van der Waals surface area contributed by atoms with E-state index >= 15 is 0 Å². The molecule has 0 atom stereocenters. The first-order valence-electron chi connectivity index (χ1n) is 10.2. The van der Waals surface area contributed by atoms with E-state index in [-0.39, 0.29) is 35.3 Å². The van der Waals surface area contributed by atoms with Crippen molar-refractivity contribution in [3.05, 3.63) is 47.3 Å². The predicted octanol–water partition coefficient (Wildman–Crippen LogP) is 3.38. The highest BCUT2D eigenvalue weighted by atomic mass is 32.2. The molecule has 0 saturated carbocycles. The van der Waals surface area contributed by atoms with Gasteiger partial charge < -0.3 is 14.2 Å². The van der Waals surface area contributed by atoms with Crippen LogP contribution < -0.4 is 0 Å². The molecule has 0 bridgehead atoms. The van der Waals surface area contributed by atoms with Crippen LogP contribution >= 0.6 is 0 Å². The van der Waals surface area contributed by atoms with Gasteiger partial charge in [-0.3, -0.25) is 4.79 Å². The van der Waals surface area contributed by atoms with Gasteiger partial charge in [0.15, 0.2) is 0 Å². The average Bonchev–Trinajstić information content (AvgIpc) is 3.11. The van der Waals surface area contributed by atoms with Gasteiger partial charge in [-0.25, -0.2) is 13.4 Å². The molecule has 0 aliphatic carbocycles. The number of benzene rings is 1. The molecule has 2 rings (SSSR count). The van der Waals surface area contributed by atoms with Crippen molar-refractivity contribution in [3.63, 3.8) is 0 Å². The van der Waals surface area contributed by atoms with Gasteiger partial charge in [-0.15, -0.1) is 0 Å². The highest BCUT2D eigenvalue weighted by Gasteiger charge is 2.27. The second kappa shape index (κ2) is 10.2. The van der Waals surface area contributed by atoms with Gasteiger partial charge in [0.1, 0.15) is 0 Å². The molecule has 0 spiro atoms. The summed E-state index contributed by atoms with van der Waals surface area (Å²) in [6.07, 6.45) is 1.56. The number of imidazole rings is 1. The molecule has 166 valence electrons. The van der Waals surface area contributed by atoms with Gasteiger partial charge in [0.05, 0.1) is 30.8 Å². The van der Waals surface area contributed by atoms with Crippen LogP contribution in [0.3, 0.4) is 0 Å². The van der Waals surface area contributed by atoms with Gasteiger partial charge in [0, 0.05) is 25.6 Å². The van der Waals surface area contributed by atoms with Gasteiger partial charge in [-0.05, 0) is 26.3 Å². The molecule has 1 heterocycles. The standard InChI is InChI=1S/C22H33N3O4S/c1-16(2)21(26)24(11-12-29-6)14-20-13-23-22(25(20)17(3)4)30(27,28)15-19-9-7-18(5)8-10-19/h7-10,13,16-17H,11-12,14-15H2,1-6H3. The lowest BCUT2D eigenvalue weighted by atomic mass is 10.2. The number of amides is 1. The maximum absolute atomic E-state index is 13.1. The second-order valence-electron chi connectivity index (χ2n) is 8.15. The fourth-order valence-corrected chi connectivity index (χ4v) is 4.88. The lowest BCUT2D eigenvalue weighted by Crippen LogP contribution is -2.37. The molecule has 1 amide bonds. The minimum atomic E-state index is -3.65. The highest BCUT2D eigenvalue weighted by molar-refractivity contribution is 7.90. The quantitative estimate of drug-likeness (QED) is 0.571. The summed E-state index contributed by atoms with van der Waals surface area (Å²) < 4.78 is 33.1. The molecule has 0 saturated heterocycles. The number of carbonyl (C=O) groups excluding carboxylic acids is 1. The molecule has 2 aromatic rings. The first-order chi connectivity index (χ1) is 14.1. The molecular formula is C22H33N3O4S. The van der Waals surface area contributed by atoms with E-state index in [0.717, 1.165) is 11.1 Å². The average molecular weight is 436 g/mol. The Morgan fingerprint density at radius 3 is 2.33 bits per heavy atom. The van der Waals surface area contributed by atoms with Crippen LogP contribution in [-0.2, 0) is 31.7 Å². The van der Waals surface area contributed by atoms with Crippen molar-refractivity contribution in [2.45, 2.75) is 58.1 Å². The number of hydrogen-bond acceptors (Lipinski definition) is 5. The molecule has 1 aromatic heterocycles. The molecule has 7 nitrogen and oxygen atoms in total. The molecule has 0 aliphatic rings. The van der Waals surface area contributed by atoms with Gasteiger partial charge >= 0.3 is 0 Å². The Labute approximate surface area is 180 Å². The largest absolute Gasteiger partial charge is 0.383 e. The Kier molecular flexibility index (Phi) is 8.20. The number of rotatable bonds is 10. The zero-order chi connectivity index (χ0) is 22.5. The van der Waals surface area contributed by atoms with Crippen LogP contribution in [0, 0.1) is 12.8 Å². The lowest BCUT2D eigenvalue weighted by Gasteiger charge is -2.26. The number of hydrogen-bond donors (Lipinski definition) is 0. The van der Waals surface area contributed by atoms with Crippen LogP contribution in [-0.4, -0.2) is 49.0 Å². The zero-order valence-electron chi connectivity index (χ0n) is 18.8. The van der Waals surface area contributed by atoms with Crippen molar-refractivity contribution >= 4 is 15.7 Å². The Morgan fingerprint density at radius 1 is 1.17 bits per heavy atom. The summed E-state index contributed by atoms with van der Waals surface area (Å²) in [5.74, 6) is -0.288. The van der Waals surface area contributed by atoms with Crippen LogP contribution in [0.15, 0.2) is 35.6 Å². The van der Waals surface area contributed by atoms with Crippen molar-refractivity contribution < 1.29 is 17.9 Å². The van der Waals surface area contributed by atoms with Crippen molar-refractivity contribution in [1.82, 2.24) is 14.5 Å². The normalized spacial score (nSPS) is 12.0. The first-order valence-corrected chi connectivity index (χ1v) is 11.8. The summed E-state index contributed by atoms with van der Waals surface area (Å²) in [7, 11) is -2.06. The van der Waals surface area contributed by atoms with Crippen molar-refractivity contribution in [2.75, 3.05) is 20.3 Å². The first kappa shape index (κ1) is 24.1. The molecule has 0 unspecified atom stereocenters. The molecular weight excluding hydrogens is 402 g/mol. The fourth-order valence-electron chi connectivity index (χ4n) is 3.27. The maximum Gasteiger partial charge on any atom is 0.228 e. The van der Waals surface area contributed by atoms with Crippen molar-refractivity contribution in [2.24, 2.45) is 5.92 Å². The monoisotopic (exact) mass is 435 g/mol. The molecule has 0 aliphatic heterocycles. The van der Waals surface area contributed by atoms with Gasteiger partial charge in [0.2, 0.25) is 20.9 Å². The Morgan fingerprint density at radius 2 is 1.80 bits per heavy atom. The Hall–Kier alpha value is -2.19. The van der Waals surface area contributed by atoms with Gasteiger partial charge in [-0.1, -0.05) is 43.7 Å². The number of aromatic nitrogens is 2. The van der Waals surface area contributed by atoms with Crippen LogP contribution in [0.1, 0.15) is 50.6 Å². The number of ether oxygens (including phenoxy) is 1. The lowest BCUT2D eigenvalue weighted by molar-refractivity contribution is -0.135. The van der Waals surface area contributed by atoms with E-state index in [4.69, 9.17) is 4.74 Å². The van der Waals surface area contributed by atoms with E-state index in [9.17, 15) is 13.2 Å². The number of nitrogens with zero attached hydrogens (tertiary/aromatic N) is 3. The van der Waals surface area contributed by atoms with Crippen LogP contribution in [0.25, 0.3) is 0 Å². The smallest absolute Gasteiger partial charge is 0.228 e. The summed E-state index contributed by atoms with van der Waals surface area (Å²) in [5.41, 5.74) is 2.49. The summed E-state index contributed by atoms with van der Waals surface area (Å²) in [5, 5.41) is 0.0387. The minimum absolute atomic E-state index is 0.00683. The minimum Gasteiger partial charge on any atom is -0.383 e. The topological polar surface area (TPSA) is 81.5 Å². The van der Waals surface area contributed by atoms with Gasteiger partial charge in [0.25, 0.3) is 0 Å². The van der Waals surface area contributed by atoms with Crippen molar-refractivity contribution in [1.29, 1.82) is 0 Å². The van der Waals surface area contributed by atoms with E-state index in [0.29, 0.717) is 18.8 Å².